The Balaban J connectivity index is 1.53. The van der Waals surface area contributed by atoms with Gasteiger partial charge in [-0.3, -0.25) is 0 Å². The molecule has 3 aliphatic heterocycles. The van der Waals surface area contributed by atoms with E-state index in [1.165, 1.54) is 25.0 Å². The molecule has 0 N–H and O–H groups in total. The minimum atomic E-state index is -4.65. The molecule has 1 aromatic carbocycles. The summed E-state index contributed by atoms with van der Waals surface area (Å²) < 4.78 is 46.8. The number of anilines is 1. The van der Waals surface area contributed by atoms with Crippen LogP contribution in [0.1, 0.15) is 32.1 Å². The van der Waals surface area contributed by atoms with E-state index in [0.29, 0.717) is 6.10 Å². The van der Waals surface area contributed by atoms with Gasteiger partial charge in [0.05, 0.1) is 6.10 Å². The SMILES string of the molecule is FC(F)(F)Oc1ccc(N2CCC34CCC(CC3)OC24)cc1. The number of alkyl halides is 3. The first-order valence-corrected chi connectivity index (χ1v) is 7.73. The van der Waals surface area contributed by atoms with Crippen molar-refractivity contribution in [3.8, 4) is 5.75 Å². The molecule has 1 unspecified atom stereocenters. The summed E-state index contributed by atoms with van der Waals surface area (Å²) in [6, 6.07) is 6.11. The number of fused-ring (bicyclic) bond motifs is 2. The van der Waals surface area contributed by atoms with Crippen LogP contribution < -0.4 is 9.64 Å². The lowest BCUT2D eigenvalue weighted by Crippen LogP contribution is -2.52. The zero-order chi connectivity index (χ0) is 15.4. The van der Waals surface area contributed by atoms with E-state index in [1.54, 1.807) is 12.1 Å². The summed E-state index contributed by atoms with van der Waals surface area (Å²) in [6.07, 6.45) is 1.57. The van der Waals surface area contributed by atoms with Crippen LogP contribution in [0.2, 0.25) is 0 Å². The van der Waals surface area contributed by atoms with Gasteiger partial charge >= 0.3 is 6.36 Å². The van der Waals surface area contributed by atoms with Gasteiger partial charge in [0.15, 0.2) is 0 Å². The molecule has 0 radical (unpaired) electrons. The highest BCUT2D eigenvalue weighted by Crippen LogP contribution is 2.54. The lowest BCUT2D eigenvalue weighted by Gasteiger charge is -2.50. The van der Waals surface area contributed by atoms with Crippen molar-refractivity contribution in [2.75, 3.05) is 11.4 Å². The van der Waals surface area contributed by atoms with Gasteiger partial charge in [0.2, 0.25) is 0 Å². The van der Waals surface area contributed by atoms with Gasteiger partial charge in [0, 0.05) is 17.6 Å². The molecule has 5 rings (SSSR count). The van der Waals surface area contributed by atoms with Gasteiger partial charge in [0.1, 0.15) is 12.0 Å². The van der Waals surface area contributed by atoms with Crippen molar-refractivity contribution < 1.29 is 22.6 Å². The molecule has 3 nitrogen and oxygen atoms in total. The summed E-state index contributed by atoms with van der Waals surface area (Å²) in [5.74, 6) is -0.184. The molecule has 22 heavy (non-hydrogen) atoms. The number of benzene rings is 1. The lowest BCUT2D eigenvalue weighted by atomic mass is 9.69. The molecule has 1 aromatic rings. The first-order valence-electron chi connectivity index (χ1n) is 7.73. The van der Waals surface area contributed by atoms with Gasteiger partial charge in [-0.2, -0.15) is 0 Å². The molecule has 4 fully saturated rings. The van der Waals surface area contributed by atoms with E-state index in [0.717, 1.165) is 31.5 Å². The molecular weight excluding hydrogens is 295 g/mol. The fourth-order valence-corrected chi connectivity index (χ4v) is 4.22. The van der Waals surface area contributed by atoms with E-state index < -0.39 is 6.36 Å². The Morgan fingerprint density at radius 3 is 2.41 bits per heavy atom. The smallest absolute Gasteiger partial charge is 0.406 e. The average Bonchev–Trinajstić information content (AvgIpc) is 2.86. The molecule has 4 aliphatic rings. The maximum atomic E-state index is 12.2. The van der Waals surface area contributed by atoms with Crippen LogP contribution in [0, 0.1) is 5.41 Å². The Labute approximate surface area is 127 Å². The largest absolute Gasteiger partial charge is 0.573 e. The van der Waals surface area contributed by atoms with Crippen molar-refractivity contribution in [1.82, 2.24) is 0 Å². The second kappa shape index (κ2) is 4.78. The third-order valence-electron chi connectivity index (χ3n) is 5.31. The highest BCUT2D eigenvalue weighted by Gasteiger charge is 2.54. The molecule has 1 atom stereocenters. The van der Waals surface area contributed by atoms with Gasteiger partial charge in [-0.05, 0) is 56.4 Å². The number of hydrogen-bond donors (Lipinski definition) is 0. The molecule has 1 spiro atoms. The van der Waals surface area contributed by atoms with Gasteiger partial charge in [0.25, 0.3) is 0 Å². The molecule has 3 saturated heterocycles. The number of nitrogens with zero attached hydrogens (tertiary/aromatic N) is 1. The topological polar surface area (TPSA) is 21.7 Å². The van der Waals surface area contributed by atoms with E-state index >= 15 is 0 Å². The lowest BCUT2D eigenvalue weighted by molar-refractivity contribution is -0.274. The number of rotatable bonds is 2. The second-order valence-corrected chi connectivity index (χ2v) is 6.54. The summed E-state index contributed by atoms with van der Waals surface area (Å²) in [5.41, 5.74) is 1.15. The van der Waals surface area contributed by atoms with Crippen molar-refractivity contribution in [3.63, 3.8) is 0 Å². The van der Waals surface area contributed by atoms with Gasteiger partial charge in [-0.15, -0.1) is 13.2 Å². The van der Waals surface area contributed by atoms with Crippen LogP contribution in [0.5, 0.6) is 5.75 Å². The minimum absolute atomic E-state index is 0.0781. The minimum Gasteiger partial charge on any atom is -0.406 e. The molecule has 0 aromatic heterocycles. The van der Waals surface area contributed by atoms with Gasteiger partial charge in [-0.25, -0.2) is 0 Å². The van der Waals surface area contributed by atoms with E-state index in [2.05, 4.69) is 9.64 Å². The summed E-state index contributed by atoms with van der Waals surface area (Å²) in [6.45, 7) is 0.900. The Hall–Kier alpha value is -1.43. The highest BCUT2D eigenvalue weighted by molar-refractivity contribution is 5.51. The summed E-state index contributed by atoms with van der Waals surface area (Å²) in [4.78, 5) is 2.20. The van der Waals surface area contributed by atoms with Crippen LogP contribution in [-0.4, -0.2) is 25.2 Å². The molecule has 6 heteroatoms. The molecule has 2 bridgehead atoms. The van der Waals surface area contributed by atoms with Crippen LogP contribution in [0.15, 0.2) is 24.3 Å². The summed E-state index contributed by atoms with van der Waals surface area (Å²) in [7, 11) is 0. The fourth-order valence-electron chi connectivity index (χ4n) is 4.22. The first kappa shape index (κ1) is 14.2. The van der Waals surface area contributed by atoms with E-state index in [4.69, 9.17) is 4.74 Å². The zero-order valence-corrected chi connectivity index (χ0v) is 12.1. The second-order valence-electron chi connectivity index (χ2n) is 6.54. The number of hydrogen-bond acceptors (Lipinski definition) is 3. The third kappa shape index (κ3) is 2.33. The first-order chi connectivity index (χ1) is 10.5. The molecule has 3 heterocycles. The highest BCUT2D eigenvalue weighted by atomic mass is 19.4. The van der Waals surface area contributed by atoms with E-state index in [-0.39, 0.29) is 17.4 Å². The molecule has 0 amide bonds. The molecule has 120 valence electrons. The molecular formula is C16H18F3NO2. The van der Waals surface area contributed by atoms with Crippen LogP contribution in [0.25, 0.3) is 0 Å². The van der Waals surface area contributed by atoms with Crippen molar-refractivity contribution in [2.45, 2.75) is 50.8 Å². The quantitative estimate of drug-likeness (QED) is 0.821. The fraction of sp³-hybridized carbons (Fsp3) is 0.625. The number of halogens is 3. The van der Waals surface area contributed by atoms with Gasteiger partial charge in [-0.1, -0.05) is 0 Å². The van der Waals surface area contributed by atoms with E-state index in [1.807, 2.05) is 0 Å². The average molecular weight is 313 g/mol. The summed E-state index contributed by atoms with van der Waals surface area (Å²) >= 11 is 0. The van der Waals surface area contributed by atoms with Crippen LogP contribution in [-0.2, 0) is 4.74 Å². The number of ether oxygens (including phenoxy) is 2. The van der Waals surface area contributed by atoms with Crippen molar-refractivity contribution in [2.24, 2.45) is 5.41 Å². The van der Waals surface area contributed by atoms with Crippen molar-refractivity contribution in [1.29, 1.82) is 0 Å². The van der Waals surface area contributed by atoms with Gasteiger partial charge < -0.3 is 14.4 Å². The molecule has 1 aliphatic carbocycles. The monoisotopic (exact) mass is 313 g/mol. The third-order valence-corrected chi connectivity index (χ3v) is 5.31. The van der Waals surface area contributed by atoms with Crippen LogP contribution in [0.3, 0.4) is 0 Å². The van der Waals surface area contributed by atoms with E-state index in [9.17, 15) is 13.2 Å². The Bertz CT molecular complexity index is 550. The van der Waals surface area contributed by atoms with Crippen LogP contribution in [0.4, 0.5) is 18.9 Å². The maximum absolute atomic E-state index is 12.2. The Morgan fingerprint density at radius 2 is 1.77 bits per heavy atom. The Morgan fingerprint density at radius 1 is 1.09 bits per heavy atom. The predicted octanol–water partition coefficient (Wildman–Crippen LogP) is 4.08. The standard InChI is InChI=1S/C16H18F3NO2/c17-16(18,19)22-13-3-1-11(2-4-13)20-10-9-15-7-5-12(6-8-15)21-14(15)20/h1-4,12,14H,5-10H2. The maximum Gasteiger partial charge on any atom is 0.573 e. The van der Waals surface area contributed by atoms with Crippen molar-refractivity contribution in [3.05, 3.63) is 24.3 Å². The van der Waals surface area contributed by atoms with Crippen molar-refractivity contribution >= 4 is 5.69 Å². The van der Waals surface area contributed by atoms with Crippen LogP contribution >= 0.6 is 0 Å². The zero-order valence-electron chi connectivity index (χ0n) is 12.1. The Kier molecular flexibility index (Phi) is 3.08. The molecule has 1 saturated carbocycles. The predicted molar refractivity (Wildman–Crippen MR) is 74.7 cm³/mol. The summed E-state index contributed by atoms with van der Waals surface area (Å²) in [5, 5.41) is 0. The normalized spacial score (nSPS) is 33.9.